The van der Waals surface area contributed by atoms with Crippen LogP contribution in [0.4, 0.5) is 5.69 Å². The minimum absolute atomic E-state index is 0.274. The van der Waals surface area contributed by atoms with E-state index in [1.165, 1.54) is 11.3 Å². The molecule has 6 rings (SSSR count). The van der Waals surface area contributed by atoms with Crippen molar-refractivity contribution in [1.82, 2.24) is 4.57 Å². The Bertz CT molecular complexity index is 2050. The number of nitrogens with zero attached hydrogens (tertiary/aromatic N) is 2. The maximum Gasteiger partial charge on any atom is 0.271 e. The van der Waals surface area contributed by atoms with Gasteiger partial charge in [-0.05, 0) is 73.5 Å². The van der Waals surface area contributed by atoms with Crippen molar-refractivity contribution in [1.29, 1.82) is 0 Å². The van der Waals surface area contributed by atoms with E-state index in [4.69, 9.17) is 26.1 Å². The van der Waals surface area contributed by atoms with Crippen molar-refractivity contribution in [2.45, 2.75) is 26.5 Å². The number of fused-ring (bicyclic) bond motifs is 1. The lowest BCUT2D eigenvalue weighted by atomic mass is 9.95. The first-order valence-corrected chi connectivity index (χ1v) is 15.7. The van der Waals surface area contributed by atoms with Gasteiger partial charge in [0.15, 0.2) is 4.80 Å². The Hall–Kier alpha value is -4.92. The van der Waals surface area contributed by atoms with E-state index >= 15 is 0 Å². The second kappa shape index (κ2) is 13.4. The van der Waals surface area contributed by atoms with Crippen LogP contribution in [-0.2, 0) is 11.4 Å². The standard InChI is InChI=1S/C36H30ClN3O4S/c1-3-43-29-17-14-25(15-18-29)33-32(34(41)39-28-12-8-5-9-13-28)23(2)38-36-40(33)35(42)31(45-36)21-26-20-27(37)16-19-30(26)44-22-24-10-6-4-7-11-24/h4-21,33H,3,22H2,1-2H3,(H,39,41)/b31-21-/t33-/m0/s1. The summed E-state index contributed by atoms with van der Waals surface area (Å²) in [6.45, 7) is 4.60. The summed E-state index contributed by atoms with van der Waals surface area (Å²) in [5.74, 6) is 0.965. The van der Waals surface area contributed by atoms with E-state index in [-0.39, 0.29) is 11.5 Å². The van der Waals surface area contributed by atoms with E-state index in [0.29, 0.717) is 61.6 Å². The SMILES string of the molecule is CCOc1ccc([C@H]2C(C(=O)Nc3ccccc3)=C(C)N=c3s/c(=C\c4cc(Cl)ccc4OCc4ccccc4)c(=O)n32)cc1. The first-order valence-electron chi connectivity index (χ1n) is 14.5. The van der Waals surface area contributed by atoms with Gasteiger partial charge >= 0.3 is 0 Å². The van der Waals surface area contributed by atoms with Crippen LogP contribution in [0.5, 0.6) is 11.5 Å². The molecular formula is C36H30ClN3O4S. The zero-order valence-corrected chi connectivity index (χ0v) is 26.3. The molecule has 1 atom stereocenters. The van der Waals surface area contributed by atoms with Crippen molar-refractivity contribution in [2.24, 2.45) is 4.99 Å². The Morgan fingerprint density at radius 1 is 0.978 bits per heavy atom. The summed E-state index contributed by atoms with van der Waals surface area (Å²) in [4.78, 5) is 33.3. The molecule has 1 N–H and O–H groups in total. The van der Waals surface area contributed by atoms with Crippen LogP contribution in [0.25, 0.3) is 6.08 Å². The average molecular weight is 636 g/mol. The highest BCUT2D eigenvalue weighted by Gasteiger charge is 2.32. The molecule has 4 aromatic carbocycles. The van der Waals surface area contributed by atoms with E-state index in [1.54, 1.807) is 35.8 Å². The number of ether oxygens (including phenoxy) is 2. The van der Waals surface area contributed by atoms with Crippen LogP contribution in [0.3, 0.4) is 0 Å². The van der Waals surface area contributed by atoms with E-state index in [1.807, 2.05) is 91.9 Å². The van der Waals surface area contributed by atoms with E-state index in [9.17, 15) is 9.59 Å². The molecule has 7 nitrogen and oxygen atoms in total. The number of nitrogens with one attached hydrogen (secondary N) is 1. The average Bonchev–Trinajstić information content (AvgIpc) is 3.35. The topological polar surface area (TPSA) is 81.9 Å². The van der Waals surface area contributed by atoms with Crippen molar-refractivity contribution in [3.63, 3.8) is 0 Å². The van der Waals surface area contributed by atoms with Crippen LogP contribution < -0.4 is 29.7 Å². The molecule has 0 saturated heterocycles. The third kappa shape index (κ3) is 6.62. The molecular weight excluding hydrogens is 606 g/mol. The Kier molecular flexibility index (Phi) is 8.96. The number of carbonyl (C=O) groups is 1. The number of rotatable bonds is 9. The van der Waals surface area contributed by atoms with Crippen LogP contribution in [0, 0.1) is 0 Å². The minimum atomic E-state index is -0.712. The van der Waals surface area contributed by atoms with Gasteiger partial charge in [0.05, 0.1) is 28.5 Å². The van der Waals surface area contributed by atoms with Crippen molar-refractivity contribution in [3.05, 3.63) is 156 Å². The summed E-state index contributed by atoms with van der Waals surface area (Å²) in [7, 11) is 0. The summed E-state index contributed by atoms with van der Waals surface area (Å²) < 4.78 is 13.8. The first kappa shape index (κ1) is 30.1. The van der Waals surface area contributed by atoms with Crippen LogP contribution in [0.2, 0.25) is 5.02 Å². The second-order valence-corrected chi connectivity index (χ2v) is 11.8. The van der Waals surface area contributed by atoms with Gasteiger partial charge < -0.3 is 14.8 Å². The largest absolute Gasteiger partial charge is 0.494 e. The number of benzene rings is 4. The number of halogens is 1. The molecule has 0 aliphatic carbocycles. The summed E-state index contributed by atoms with van der Waals surface area (Å²) in [5.41, 5.74) is 3.73. The normalized spacial score (nSPS) is 14.5. The molecule has 45 heavy (non-hydrogen) atoms. The van der Waals surface area contributed by atoms with Gasteiger partial charge in [0.25, 0.3) is 11.5 Å². The van der Waals surface area contributed by atoms with Crippen molar-refractivity contribution < 1.29 is 14.3 Å². The number of carbonyl (C=O) groups excluding carboxylic acids is 1. The number of anilines is 1. The quantitative estimate of drug-likeness (QED) is 0.200. The lowest BCUT2D eigenvalue weighted by Gasteiger charge is -2.25. The van der Waals surface area contributed by atoms with Crippen LogP contribution in [-0.4, -0.2) is 17.1 Å². The van der Waals surface area contributed by atoms with Gasteiger partial charge in [-0.3, -0.25) is 14.2 Å². The van der Waals surface area contributed by atoms with Crippen LogP contribution >= 0.6 is 22.9 Å². The maximum atomic E-state index is 14.2. The van der Waals surface area contributed by atoms with E-state index in [2.05, 4.69) is 5.32 Å². The lowest BCUT2D eigenvalue weighted by Crippen LogP contribution is -2.40. The molecule has 1 aliphatic rings. The third-order valence-corrected chi connectivity index (χ3v) is 8.52. The van der Waals surface area contributed by atoms with Crippen molar-refractivity contribution in [2.75, 3.05) is 11.9 Å². The van der Waals surface area contributed by atoms with E-state index in [0.717, 1.165) is 11.1 Å². The maximum absolute atomic E-state index is 14.2. The smallest absolute Gasteiger partial charge is 0.271 e. The number of hydrogen-bond acceptors (Lipinski definition) is 6. The fourth-order valence-electron chi connectivity index (χ4n) is 5.20. The zero-order valence-electron chi connectivity index (χ0n) is 24.7. The predicted molar refractivity (Wildman–Crippen MR) is 179 cm³/mol. The number of aromatic nitrogens is 1. The molecule has 9 heteroatoms. The van der Waals surface area contributed by atoms with Gasteiger partial charge in [-0.25, -0.2) is 4.99 Å². The molecule has 226 valence electrons. The summed E-state index contributed by atoms with van der Waals surface area (Å²) in [6.07, 6.45) is 1.77. The zero-order chi connectivity index (χ0) is 31.3. The first-order chi connectivity index (χ1) is 21.9. The minimum Gasteiger partial charge on any atom is -0.494 e. The molecule has 1 aromatic heterocycles. The fraction of sp³-hybridized carbons (Fsp3) is 0.139. The Morgan fingerprint density at radius 2 is 1.69 bits per heavy atom. The number of hydrogen-bond donors (Lipinski definition) is 1. The van der Waals surface area contributed by atoms with Gasteiger partial charge in [-0.1, -0.05) is 83.6 Å². The summed E-state index contributed by atoms with van der Waals surface area (Å²) in [6, 6.07) is 31.1. The Morgan fingerprint density at radius 3 is 2.40 bits per heavy atom. The highest BCUT2D eigenvalue weighted by molar-refractivity contribution is 7.07. The molecule has 0 unspecified atom stereocenters. The molecule has 0 spiro atoms. The molecule has 2 heterocycles. The summed E-state index contributed by atoms with van der Waals surface area (Å²) >= 11 is 7.64. The van der Waals surface area contributed by atoms with Crippen LogP contribution in [0.15, 0.2) is 124 Å². The summed E-state index contributed by atoms with van der Waals surface area (Å²) in [5, 5.41) is 3.50. The molecule has 0 fully saturated rings. The Balaban J connectivity index is 1.44. The monoisotopic (exact) mass is 635 g/mol. The van der Waals surface area contributed by atoms with E-state index < -0.39 is 6.04 Å². The number of thiazole rings is 1. The van der Waals surface area contributed by atoms with Crippen molar-refractivity contribution in [3.8, 4) is 11.5 Å². The number of allylic oxidation sites excluding steroid dienone is 1. The molecule has 1 amide bonds. The predicted octanol–water partition coefficient (Wildman–Crippen LogP) is 6.51. The third-order valence-electron chi connectivity index (χ3n) is 7.30. The second-order valence-electron chi connectivity index (χ2n) is 10.4. The van der Waals surface area contributed by atoms with Gasteiger partial charge in [-0.2, -0.15) is 0 Å². The number of para-hydroxylation sites is 1. The highest BCUT2D eigenvalue weighted by atomic mass is 35.5. The Labute approximate surface area is 269 Å². The fourth-order valence-corrected chi connectivity index (χ4v) is 6.42. The molecule has 5 aromatic rings. The molecule has 0 bridgehead atoms. The molecule has 0 radical (unpaired) electrons. The van der Waals surface area contributed by atoms with Gasteiger partial charge in [0, 0.05) is 16.3 Å². The van der Waals surface area contributed by atoms with Crippen molar-refractivity contribution >= 4 is 40.6 Å². The van der Waals surface area contributed by atoms with Gasteiger partial charge in [0.1, 0.15) is 18.1 Å². The molecule has 1 aliphatic heterocycles. The highest BCUT2D eigenvalue weighted by Crippen LogP contribution is 2.32. The molecule has 0 saturated carbocycles. The van der Waals surface area contributed by atoms with Crippen LogP contribution in [0.1, 0.15) is 36.6 Å². The number of amides is 1. The van der Waals surface area contributed by atoms with Gasteiger partial charge in [-0.15, -0.1) is 0 Å². The van der Waals surface area contributed by atoms with Gasteiger partial charge in [0.2, 0.25) is 0 Å². The lowest BCUT2D eigenvalue weighted by molar-refractivity contribution is -0.113.